The van der Waals surface area contributed by atoms with Gasteiger partial charge in [-0.25, -0.2) is 0 Å². The van der Waals surface area contributed by atoms with E-state index in [9.17, 15) is 9.59 Å². The molecule has 0 N–H and O–H groups in total. The Morgan fingerprint density at radius 3 is 2.52 bits per heavy atom. The van der Waals surface area contributed by atoms with Crippen molar-refractivity contribution in [1.82, 2.24) is 14.8 Å². The first-order valence-corrected chi connectivity index (χ1v) is 11.8. The summed E-state index contributed by atoms with van der Waals surface area (Å²) in [5, 5.41) is 0.881. The number of likely N-dealkylation sites (tertiary alicyclic amines) is 1. The van der Waals surface area contributed by atoms with E-state index in [1.54, 1.807) is 0 Å². The molecule has 0 radical (unpaired) electrons. The molecule has 0 spiro atoms. The molecule has 170 valence electrons. The fraction of sp³-hybridized carbons (Fsp3) is 0.370. The molecule has 0 aliphatic carbocycles. The Hall–Kier alpha value is -3.25. The summed E-state index contributed by atoms with van der Waals surface area (Å²) in [4.78, 5) is 34.9. The van der Waals surface area contributed by atoms with Gasteiger partial charge in [0.15, 0.2) is 0 Å². The Balaban J connectivity index is 1.33. The van der Waals surface area contributed by atoms with Crippen LogP contribution in [0.3, 0.4) is 0 Å². The Kier molecular flexibility index (Phi) is 6.35. The summed E-state index contributed by atoms with van der Waals surface area (Å²) in [6.45, 7) is 3.76. The molecule has 33 heavy (non-hydrogen) atoms. The Morgan fingerprint density at radius 1 is 0.939 bits per heavy atom. The largest absolute Gasteiger partial charge is 0.378 e. The van der Waals surface area contributed by atoms with Crippen LogP contribution in [0.1, 0.15) is 40.4 Å². The van der Waals surface area contributed by atoms with E-state index in [1.807, 2.05) is 58.3 Å². The number of benzene rings is 2. The van der Waals surface area contributed by atoms with Gasteiger partial charge < -0.3 is 14.5 Å². The molecule has 3 heterocycles. The van der Waals surface area contributed by atoms with Gasteiger partial charge in [0, 0.05) is 49.6 Å². The van der Waals surface area contributed by atoms with E-state index in [0.29, 0.717) is 44.8 Å². The molecule has 2 aromatic carbocycles. The summed E-state index contributed by atoms with van der Waals surface area (Å²) in [6, 6.07) is 19.9. The number of morpholine rings is 1. The molecule has 0 bridgehead atoms. The van der Waals surface area contributed by atoms with E-state index in [-0.39, 0.29) is 17.7 Å². The second kappa shape index (κ2) is 9.71. The van der Waals surface area contributed by atoms with Gasteiger partial charge in [0.1, 0.15) is 0 Å². The van der Waals surface area contributed by atoms with Crippen LogP contribution in [-0.2, 0) is 16.0 Å². The lowest BCUT2D eigenvalue weighted by molar-refractivity contribution is -0.130. The molecule has 6 heteroatoms. The van der Waals surface area contributed by atoms with Crippen molar-refractivity contribution in [1.29, 1.82) is 0 Å². The molecule has 1 unspecified atom stereocenters. The van der Waals surface area contributed by atoms with Gasteiger partial charge >= 0.3 is 0 Å². The summed E-state index contributed by atoms with van der Waals surface area (Å²) >= 11 is 0. The van der Waals surface area contributed by atoms with Crippen molar-refractivity contribution in [2.24, 2.45) is 0 Å². The van der Waals surface area contributed by atoms with E-state index < -0.39 is 0 Å². The first-order valence-electron chi connectivity index (χ1n) is 11.8. The van der Waals surface area contributed by atoms with Crippen LogP contribution in [0.2, 0.25) is 0 Å². The molecule has 2 saturated heterocycles. The molecule has 2 fully saturated rings. The number of amides is 2. The maximum atomic E-state index is 13.4. The second-order valence-corrected chi connectivity index (χ2v) is 8.83. The number of hydrogen-bond donors (Lipinski definition) is 0. The highest BCUT2D eigenvalue weighted by atomic mass is 16.5. The number of nitrogens with zero attached hydrogens (tertiary/aromatic N) is 3. The number of fused-ring (bicyclic) bond motifs is 1. The predicted molar refractivity (Wildman–Crippen MR) is 127 cm³/mol. The summed E-state index contributed by atoms with van der Waals surface area (Å²) in [5.41, 5.74) is 3.62. The number of aromatic nitrogens is 1. The molecule has 5 rings (SSSR count). The first-order chi connectivity index (χ1) is 16.2. The van der Waals surface area contributed by atoms with Gasteiger partial charge in [-0.1, -0.05) is 48.5 Å². The number of pyridine rings is 1. The van der Waals surface area contributed by atoms with Crippen molar-refractivity contribution >= 4 is 22.7 Å². The third-order valence-corrected chi connectivity index (χ3v) is 6.69. The first kappa shape index (κ1) is 21.6. The zero-order valence-corrected chi connectivity index (χ0v) is 18.8. The van der Waals surface area contributed by atoms with Crippen molar-refractivity contribution < 1.29 is 14.3 Å². The van der Waals surface area contributed by atoms with Gasteiger partial charge in [-0.05, 0) is 30.5 Å². The number of hydrogen-bond acceptors (Lipinski definition) is 4. The number of aryl methyl sites for hydroxylation is 1. The van der Waals surface area contributed by atoms with E-state index in [1.165, 1.54) is 5.56 Å². The number of carbonyl (C=O) groups is 2. The van der Waals surface area contributed by atoms with Crippen LogP contribution < -0.4 is 0 Å². The van der Waals surface area contributed by atoms with Gasteiger partial charge in [-0.3, -0.25) is 14.6 Å². The van der Waals surface area contributed by atoms with Gasteiger partial charge in [-0.15, -0.1) is 0 Å². The highest BCUT2D eigenvalue weighted by molar-refractivity contribution is 6.06. The third kappa shape index (κ3) is 4.76. The van der Waals surface area contributed by atoms with Gasteiger partial charge in [0.05, 0.1) is 24.3 Å². The number of carbonyl (C=O) groups excluding carboxylic acids is 2. The Bertz CT molecular complexity index is 1140. The van der Waals surface area contributed by atoms with Crippen molar-refractivity contribution in [3.8, 4) is 0 Å². The normalized spacial score (nSPS) is 18.6. The van der Waals surface area contributed by atoms with E-state index in [2.05, 4.69) is 12.1 Å². The van der Waals surface area contributed by atoms with Crippen LogP contribution in [0.4, 0.5) is 0 Å². The summed E-state index contributed by atoms with van der Waals surface area (Å²) in [6.07, 6.45) is 2.14. The van der Waals surface area contributed by atoms with Crippen LogP contribution >= 0.6 is 0 Å². The second-order valence-electron chi connectivity index (χ2n) is 8.83. The average molecular weight is 444 g/mol. The SMILES string of the molecule is O=C(CCc1ccccc1)N1CCC(c2cc(C(=O)N3CCOCC3)c3ccccc3n2)C1. The van der Waals surface area contributed by atoms with Crippen LogP contribution in [0, 0.1) is 0 Å². The van der Waals surface area contributed by atoms with Crippen LogP contribution in [0.5, 0.6) is 0 Å². The minimum atomic E-state index is 0.0342. The molecule has 2 aliphatic heterocycles. The zero-order valence-electron chi connectivity index (χ0n) is 18.8. The highest BCUT2D eigenvalue weighted by Gasteiger charge is 2.30. The van der Waals surface area contributed by atoms with Crippen molar-refractivity contribution in [2.75, 3.05) is 39.4 Å². The summed E-state index contributed by atoms with van der Waals surface area (Å²) in [7, 11) is 0. The smallest absolute Gasteiger partial charge is 0.254 e. The van der Waals surface area contributed by atoms with Crippen LogP contribution in [0.15, 0.2) is 60.7 Å². The standard InChI is InChI=1S/C27H29N3O3/c31-26(11-10-20-6-2-1-3-7-20)30-13-12-21(19-30)25-18-23(22-8-4-5-9-24(22)28-25)27(32)29-14-16-33-17-15-29/h1-9,18,21H,10-17,19H2. The van der Waals surface area contributed by atoms with Gasteiger partial charge in [0.25, 0.3) is 5.91 Å². The Morgan fingerprint density at radius 2 is 1.70 bits per heavy atom. The van der Waals surface area contributed by atoms with Crippen LogP contribution in [0.25, 0.3) is 10.9 Å². The fourth-order valence-corrected chi connectivity index (χ4v) is 4.80. The molecule has 6 nitrogen and oxygen atoms in total. The maximum Gasteiger partial charge on any atom is 0.254 e. The van der Waals surface area contributed by atoms with Gasteiger partial charge in [0.2, 0.25) is 5.91 Å². The zero-order chi connectivity index (χ0) is 22.6. The molecule has 2 aliphatic rings. The number of para-hydroxylation sites is 1. The van der Waals surface area contributed by atoms with Crippen LogP contribution in [-0.4, -0.2) is 66.0 Å². The average Bonchev–Trinajstić information content (AvgIpc) is 3.38. The molecular formula is C27H29N3O3. The third-order valence-electron chi connectivity index (χ3n) is 6.69. The molecular weight excluding hydrogens is 414 g/mol. The monoisotopic (exact) mass is 443 g/mol. The minimum absolute atomic E-state index is 0.0342. The lowest BCUT2D eigenvalue weighted by Gasteiger charge is -2.27. The van der Waals surface area contributed by atoms with Crippen molar-refractivity contribution in [3.05, 3.63) is 77.5 Å². The lowest BCUT2D eigenvalue weighted by atomic mass is 9.99. The van der Waals surface area contributed by atoms with Crippen molar-refractivity contribution in [2.45, 2.75) is 25.2 Å². The number of rotatable bonds is 5. The van der Waals surface area contributed by atoms with Crippen molar-refractivity contribution in [3.63, 3.8) is 0 Å². The summed E-state index contributed by atoms with van der Waals surface area (Å²) < 4.78 is 5.42. The summed E-state index contributed by atoms with van der Waals surface area (Å²) in [5.74, 6) is 0.366. The van der Waals surface area contributed by atoms with E-state index >= 15 is 0 Å². The number of ether oxygens (including phenoxy) is 1. The molecule has 3 aromatic rings. The lowest BCUT2D eigenvalue weighted by Crippen LogP contribution is -2.40. The fourth-order valence-electron chi connectivity index (χ4n) is 4.80. The molecule has 1 aromatic heterocycles. The topological polar surface area (TPSA) is 62.7 Å². The van der Waals surface area contributed by atoms with E-state index in [4.69, 9.17) is 9.72 Å². The van der Waals surface area contributed by atoms with Gasteiger partial charge in [-0.2, -0.15) is 0 Å². The predicted octanol–water partition coefficient (Wildman–Crippen LogP) is 3.66. The minimum Gasteiger partial charge on any atom is -0.378 e. The Labute approximate surface area is 194 Å². The molecule has 2 amide bonds. The quantitative estimate of drug-likeness (QED) is 0.604. The highest BCUT2D eigenvalue weighted by Crippen LogP contribution is 2.30. The molecule has 0 saturated carbocycles. The maximum absolute atomic E-state index is 13.4. The van der Waals surface area contributed by atoms with E-state index in [0.717, 1.165) is 36.0 Å². The molecule has 1 atom stereocenters.